The monoisotopic (exact) mass is 389 g/mol. The van der Waals surface area contributed by atoms with E-state index in [4.69, 9.17) is 0 Å². The third-order valence-corrected chi connectivity index (χ3v) is 6.28. The molecule has 142 valence electrons. The zero-order valence-electron chi connectivity index (χ0n) is 15.0. The number of amides is 1. The minimum Gasteiger partial charge on any atom is -0.351 e. The van der Waals surface area contributed by atoms with E-state index in [-0.39, 0.29) is 29.3 Å². The first kappa shape index (κ1) is 21.9. The fourth-order valence-electron chi connectivity index (χ4n) is 2.20. The average Bonchev–Trinajstić information content (AvgIpc) is 3.36. The molecule has 1 aliphatic rings. The van der Waals surface area contributed by atoms with Gasteiger partial charge in [0, 0.05) is 19.6 Å². The van der Waals surface area contributed by atoms with Crippen molar-refractivity contribution in [2.45, 2.75) is 44.2 Å². The number of rotatable bonds is 9. The van der Waals surface area contributed by atoms with Crippen LogP contribution in [0.25, 0.3) is 0 Å². The van der Waals surface area contributed by atoms with E-state index in [1.54, 1.807) is 31.3 Å². The lowest BCUT2D eigenvalue weighted by molar-refractivity contribution is -0.120. The summed E-state index contributed by atoms with van der Waals surface area (Å²) in [4.78, 5) is 12.0. The van der Waals surface area contributed by atoms with Crippen LogP contribution in [0.1, 0.15) is 32.3 Å². The number of sulfonamides is 1. The fourth-order valence-corrected chi connectivity index (χ4v) is 3.57. The van der Waals surface area contributed by atoms with Crippen molar-refractivity contribution in [1.29, 1.82) is 0 Å². The number of nitrogens with one attached hydrogen (secondary N) is 2. The Bertz CT molecular complexity index is 658. The van der Waals surface area contributed by atoms with Gasteiger partial charge in [-0.2, -0.15) is 4.31 Å². The Morgan fingerprint density at radius 3 is 2.36 bits per heavy atom. The van der Waals surface area contributed by atoms with Gasteiger partial charge in [-0.05, 0) is 56.8 Å². The fraction of sp³-hybridized carbons (Fsp3) is 0.588. The van der Waals surface area contributed by atoms with E-state index in [0.29, 0.717) is 13.1 Å². The van der Waals surface area contributed by atoms with Crippen LogP contribution in [0.5, 0.6) is 0 Å². The second-order valence-corrected chi connectivity index (χ2v) is 8.61. The van der Waals surface area contributed by atoms with E-state index in [0.717, 1.165) is 18.0 Å². The number of hydrogen-bond acceptors (Lipinski definition) is 4. The van der Waals surface area contributed by atoms with Crippen LogP contribution in [0.3, 0.4) is 0 Å². The molecule has 8 heteroatoms. The van der Waals surface area contributed by atoms with E-state index in [9.17, 15) is 13.2 Å². The first-order valence-electron chi connectivity index (χ1n) is 8.35. The first-order chi connectivity index (χ1) is 11.3. The summed E-state index contributed by atoms with van der Waals surface area (Å²) in [5.41, 5.74) is 0.872. The van der Waals surface area contributed by atoms with Gasteiger partial charge in [0.2, 0.25) is 15.9 Å². The molecule has 0 saturated heterocycles. The maximum Gasteiger partial charge on any atom is 0.243 e. The minimum absolute atomic E-state index is 0. The summed E-state index contributed by atoms with van der Waals surface area (Å²) in [5.74, 6) is 0.697. The van der Waals surface area contributed by atoms with Crippen molar-refractivity contribution in [2.24, 2.45) is 5.92 Å². The van der Waals surface area contributed by atoms with Crippen molar-refractivity contribution in [3.8, 4) is 0 Å². The van der Waals surface area contributed by atoms with Crippen LogP contribution >= 0.6 is 12.4 Å². The zero-order chi connectivity index (χ0) is 17.7. The lowest BCUT2D eigenvalue weighted by atomic mass is 10.2. The summed E-state index contributed by atoms with van der Waals surface area (Å²) in [6, 6.07) is 6.54. The maximum absolute atomic E-state index is 12.4. The zero-order valence-corrected chi connectivity index (χ0v) is 16.6. The molecule has 0 heterocycles. The van der Waals surface area contributed by atoms with Gasteiger partial charge in [-0.1, -0.05) is 12.1 Å². The summed E-state index contributed by atoms with van der Waals surface area (Å²) in [7, 11) is -1.89. The molecule has 0 spiro atoms. The lowest BCUT2D eigenvalue weighted by Crippen LogP contribution is -2.34. The lowest BCUT2D eigenvalue weighted by Gasteiger charge is -2.21. The molecule has 0 aromatic heterocycles. The molecule has 2 rings (SSSR count). The van der Waals surface area contributed by atoms with Crippen molar-refractivity contribution in [3.63, 3.8) is 0 Å². The van der Waals surface area contributed by atoms with E-state index >= 15 is 0 Å². The molecule has 1 aliphatic carbocycles. The molecule has 1 aromatic carbocycles. The van der Waals surface area contributed by atoms with Crippen LogP contribution in [-0.2, 0) is 21.4 Å². The Balaban J connectivity index is 0.00000312. The van der Waals surface area contributed by atoms with Crippen LogP contribution in [0.15, 0.2) is 29.2 Å². The number of carbonyl (C=O) groups excluding carboxylic acids is 1. The second-order valence-electron chi connectivity index (χ2n) is 6.61. The highest BCUT2D eigenvalue weighted by Crippen LogP contribution is 2.27. The van der Waals surface area contributed by atoms with Crippen LogP contribution in [0.4, 0.5) is 0 Å². The molecule has 1 saturated carbocycles. The van der Waals surface area contributed by atoms with E-state index in [1.165, 1.54) is 17.1 Å². The van der Waals surface area contributed by atoms with Crippen LogP contribution in [0.2, 0.25) is 0 Å². The van der Waals surface area contributed by atoms with Crippen molar-refractivity contribution in [3.05, 3.63) is 29.8 Å². The minimum atomic E-state index is -3.46. The van der Waals surface area contributed by atoms with Gasteiger partial charge < -0.3 is 10.6 Å². The summed E-state index contributed by atoms with van der Waals surface area (Å²) < 4.78 is 26.1. The standard InChI is InChI=1S/C17H27N3O3S.ClH/c1-13(2)20(3)24(22,23)16-8-6-15(7-9-16)11-19-17(21)12-18-10-14-4-5-14;/h6-9,13-14,18H,4-5,10-12H2,1-3H3,(H,19,21);1H. The van der Waals surface area contributed by atoms with Gasteiger partial charge in [-0.15, -0.1) is 12.4 Å². The first-order valence-corrected chi connectivity index (χ1v) is 9.79. The van der Waals surface area contributed by atoms with E-state index < -0.39 is 10.0 Å². The van der Waals surface area contributed by atoms with Crippen molar-refractivity contribution in [1.82, 2.24) is 14.9 Å². The summed E-state index contributed by atoms with van der Waals surface area (Å²) in [6.07, 6.45) is 2.52. The van der Waals surface area contributed by atoms with Gasteiger partial charge >= 0.3 is 0 Å². The molecule has 0 bridgehead atoms. The molecule has 0 atom stereocenters. The summed E-state index contributed by atoms with van der Waals surface area (Å²) >= 11 is 0. The summed E-state index contributed by atoms with van der Waals surface area (Å²) in [5, 5.41) is 5.97. The third kappa shape index (κ3) is 6.58. The Morgan fingerprint density at radius 1 is 1.24 bits per heavy atom. The van der Waals surface area contributed by atoms with Gasteiger partial charge in [-0.25, -0.2) is 8.42 Å². The number of hydrogen-bond donors (Lipinski definition) is 2. The highest BCUT2D eigenvalue weighted by molar-refractivity contribution is 7.89. The molecular weight excluding hydrogens is 362 g/mol. The highest BCUT2D eigenvalue weighted by Gasteiger charge is 2.23. The van der Waals surface area contributed by atoms with E-state index in [1.807, 2.05) is 13.8 Å². The largest absolute Gasteiger partial charge is 0.351 e. The molecule has 2 N–H and O–H groups in total. The molecule has 1 aromatic rings. The molecule has 6 nitrogen and oxygen atoms in total. The quantitative estimate of drug-likeness (QED) is 0.674. The van der Waals surface area contributed by atoms with Gasteiger partial charge in [0.05, 0.1) is 11.4 Å². The van der Waals surface area contributed by atoms with Crippen LogP contribution in [-0.4, -0.2) is 44.8 Å². The van der Waals surface area contributed by atoms with Crippen molar-refractivity contribution < 1.29 is 13.2 Å². The highest BCUT2D eigenvalue weighted by atomic mass is 35.5. The molecule has 0 aliphatic heterocycles. The SMILES string of the molecule is CC(C)N(C)S(=O)(=O)c1ccc(CNC(=O)CNCC2CC2)cc1.Cl. The molecular formula is C17H28ClN3O3S. The van der Waals surface area contributed by atoms with E-state index in [2.05, 4.69) is 10.6 Å². The van der Waals surface area contributed by atoms with Crippen molar-refractivity contribution >= 4 is 28.3 Å². The topological polar surface area (TPSA) is 78.5 Å². The Kier molecular flexibility index (Phi) is 8.34. The molecule has 25 heavy (non-hydrogen) atoms. The Hall–Kier alpha value is -1.15. The number of halogens is 1. The van der Waals surface area contributed by atoms with Crippen LogP contribution < -0.4 is 10.6 Å². The van der Waals surface area contributed by atoms with Gasteiger partial charge in [0.1, 0.15) is 0 Å². The Morgan fingerprint density at radius 2 is 1.84 bits per heavy atom. The maximum atomic E-state index is 12.4. The molecule has 1 fully saturated rings. The van der Waals surface area contributed by atoms with Gasteiger partial charge in [0.25, 0.3) is 0 Å². The third-order valence-electron chi connectivity index (χ3n) is 4.23. The predicted molar refractivity (Wildman–Crippen MR) is 101 cm³/mol. The smallest absolute Gasteiger partial charge is 0.243 e. The number of carbonyl (C=O) groups is 1. The normalized spacial score (nSPS) is 14.4. The van der Waals surface area contributed by atoms with Crippen molar-refractivity contribution in [2.75, 3.05) is 20.1 Å². The second kappa shape index (κ2) is 9.52. The predicted octanol–water partition coefficient (Wildman–Crippen LogP) is 1.75. The van der Waals surface area contributed by atoms with Gasteiger partial charge in [-0.3, -0.25) is 4.79 Å². The Labute approximate surface area is 156 Å². The van der Waals surface area contributed by atoms with Gasteiger partial charge in [0.15, 0.2) is 0 Å². The number of benzene rings is 1. The molecule has 0 unspecified atom stereocenters. The molecule has 1 amide bonds. The molecule has 0 radical (unpaired) electrons. The average molecular weight is 390 g/mol. The van der Waals surface area contributed by atoms with Crippen LogP contribution in [0, 0.1) is 5.92 Å². The summed E-state index contributed by atoms with van der Waals surface area (Å²) in [6.45, 7) is 5.28. The number of nitrogens with zero attached hydrogens (tertiary/aromatic N) is 1.